The highest BCUT2D eigenvalue weighted by Crippen LogP contribution is 2.32. The lowest BCUT2D eigenvalue weighted by Gasteiger charge is -2.18. The lowest BCUT2D eigenvalue weighted by atomic mass is 10.1. The van der Waals surface area contributed by atoms with Gasteiger partial charge in [0.2, 0.25) is 0 Å². The van der Waals surface area contributed by atoms with Crippen molar-refractivity contribution in [2.45, 2.75) is 13.3 Å². The Morgan fingerprint density at radius 2 is 2.00 bits per heavy atom. The van der Waals surface area contributed by atoms with Gasteiger partial charge in [-0.15, -0.1) is 0 Å². The van der Waals surface area contributed by atoms with E-state index >= 15 is 0 Å². The molecule has 126 valence electrons. The van der Waals surface area contributed by atoms with Crippen molar-refractivity contribution in [3.63, 3.8) is 0 Å². The van der Waals surface area contributed by atoms with E-state index < -0.39 is 0 Å². The number of hydrogen-bond donors (Lipinski definition) is 1. The van der Waals surface area contributed by atoms with Crippen LogP contribution in [-0.2, 0) is 6.42 Å². The maximum atomic E-state index is 13.1. The highest BCUT2D eigenvalue weighted by Gasteiger charge is 2.28. The molecule has 0 radical (unpaired) electrons. The molecule has 5 nitrogen and oxygen atoms in total. The van der Waals surface area contributed by atoms with Crippen LogP contribution in [0.2, 0.25) is 0 Å². The number of carbonyl (C=O) groups excluding carboxylic acids is 1. The molecular weight excluding hydrogens is 314 g/mol. The number of aryl methyl sites for hydroxylation is 1. The maximum Gasteiger partial charge on any atom is 0.262 e. The van der Waals surface area contributed by atoms with Crippen molar-refractivity contribution in [2.75, 3.05) is 18.6 Å². The molecular formula is C20H19N3O2. The number of benzene rings is 2. The Balaban J connectivity index is 1.69. The summed E-state index contributed by atoms with van der Waals surface area (Å²) in [6.07, 6.45) is 2.49. The predicted octanol–water partition coefficient (Wildman–Crippen LogP) is 3.60. The van der Waals surface area contributed by atoms with Gasteiger partial charge in [-0.1, -0.05) is 12.1 Å². The summed E-state index contributed by atoms with van der Waals surface area (Å²) >= 11 is 0. The lowest BCUT2D eigenvalue weighted by molar-refractivity contribution is 0.0990. The number of rotatable bonds is 3. The van der Waals surface area contributed by atoms with Crippen molar-refractivity contribution < 1.29 is 9.53 Å². The van der Waals surface area contributed by atoms with Crippen molar-refractivity contribution in [1.29, 1.82) is 0 Å². The zero-order valence-electron chi connectivity index (χ0n) is 14.2. The molecule has 4 rings (SSSR count). The normalized spacial score (nSPS) is 13.0. The molecule has 1 aromatic heterocycles. The van der Waals surface area contributed by atoms with Crippen LogP contribution < -0.4 is 9.64 Å². The molecule has 0 atom stereocenters. The molecule has 25 heavy (non-hydrogen) atoms. The van der Waals surface area contributed by atoms with Crippen LogP contribution in [0.3, 0.4) is 0 Å². The Labute approximate surface area is 146 Å². The van der Waals surface area contributed by atoms with E-state index in [1.54, 1.807) is 13.3 Å². The topological polar surface area (TPSA) is 58.2 Å². The van der Waals surface area contributed by atoms with E-state index in [4.69, 9.17) is 4.74 Å². The van der Waals surface area contributed by atoms with Gasteiger partial charge in [0.15, 0.2) is 0 Å². The zero-order chi connectivity index (χ0) is 17.4. The van der Waals surface area contributed by atoms with Gasteiger partial charge in [-0.05, 0) is 54.8 Å². The van der Waals surface area contributed by atoms with Crippen molar-refractivity contribution in [2.24, 2.45) is 0 Å². The summed E-state index contributed by atoms with van der Waals surface area (Å²) in [5.41, 5.74) is 5.60. The van der Waals surface area contributed by atoms with Gasteiger partial charge >= 0.3 is 0 Å². The molecule has 2 heterocycles. The molecule has 2 aromatic carbocycles. The lowest BCUT2D eigenvalue weighted by Crippen LogP contribution is -2.29. The van der Waals surface area contributed by atoms with E-state index in [0.717, 1.165) is 34.7 Å². The summed E-state index contributed by atoms with van der Waals surface area (Å²) in [6, 6.07) is 13.9. The van der Waals surface area contributed by atoms with Crippen LogP contribution in [-0.4, -0.2) is 29.8 Å². The van der Waals surface area contributed by atoms with Crippen molar-refractivity contribution in [1.82, 2.24) is 10.2 Å². The summed E-state index contributed by atoms with van der Waals surface area (Å²) in [6.45, 7) is 2.74. The van der Waals surface area contributed by atoms with E-state index in [1.165, 1.54) is 5.56 Å². The summed E-state index contributed by atoms with van der Waals surface area (Å²) in [7, 11) is 1.63. The van der Waals surface area contributed by atoms with Gasteiger partial charge in [0.05, 0.1) is 24.6 Å². The van der Waals surface area contributed by atoms with E-state index in [1.807, 2.05) is 36.1 Å². The Hall–Kier alpha value is -3.08. The van der Waals surface area contributed by atoms with Crippen LogP contribution in [0.15, 0.2) is 48.7 Å². The molecule has 0 spiro atoms. The number of hydrogen-bond acceptors (Lipinski definition) is 3. The minimum absolute atomic E-state index is 0.0241. The number of amides is 1. The first-order valence-electron chi connectivity index (χ1n) is 8.26. The third-order valence-electron chi connectivity index (χ3n) is 4.63. The molecule has 0 saturated carbocycles. The molecule has 1 amide bonds. The van der Waals surface area contributed by atoms with Crippen molar-refractivity contribution >= 4 is 11.6 Å². The maximum absolute atomic E-state index is 13.1. The van der Waals surface area contributed by atoms with Crippen LogP contribution in [0, 0.1) is 6.92 Å². The van der Waals surface area contributed by atoms with Crippen LogP contribution >= 0.6 is 0 Å². The number of aromatic nitrogens is 2. The fourth-order valence-corrected chi connectivity index (χ4v) is 3.27. The monoisotopic (exact) mass is 333 g/mol. The third-order valence-corrected chi connectivity index (χ3v) is 4.63. The fraction of sp³-hybridized carbons (Fsp3) is 0.200. The van der Waals surface area contributed by atoms with Crippen LogP contribution in [0.1, 0.15) is 21.5 Å². The summed E-state index contributed by atoms with van der Waals surface area (Å²) < 4.78 is 5.19. The molecule has 0 fully saturated rings. The van der Waals surface area contributed by atoms with E-state index in [0.29, 0.717) is 12.1 Å². The van der Waals surface area contributed by atoms with Gasteiger partial charge < -0.3 is 9.64 Å². The number of aromatic amines is 1. The summed E-state index contributed by atoms with van der Waals surface area (Å²) in [5.74, 6) is 0.754. The highest BCUT2D eigenvalue weighted by atomic mass is 16.5. The Kier molecular flexibility index (Phi) is 3.76. The standard InChI is InChI=1S/C20H19N3O2/c1-13-3-4-14-9-10-23(18(14)11-13)20(24)17-12-21-22-19(17)15-5-7-16(25-2)8-6-15/h3-8,11-12H,9-10H2,1-2H3,(H,21,22). The molecule has 5 heteroatoms. The van der Waals surface area contributed by atoms with Crippen LogP contribution in [0.4, 0.5) is 5.69 Å². The van der Waals surface area contributed by atoms with E-state index in [9.17, 15) is 4.79 Å². The number of H-pyrrole nitrogens is 1. The van der Waals surface area contributed by atoms with E-state index in [-0.39, 0.29) is 5.91 Å². The number of fused-ring (bicyclic) bond motifs is 1. The van der Waals surface area contributed by atoms with Gasteiger partial charge in [-0.3, -0.25) is 9.89 Å². The molecule has 3 aromatic rings. The molecule has 0 saturated heterocycles. The van der Waals surface area contributed by atoms with Crippen LogP contribution in [0.5, 0.6) is 5.75 Å². The van der Waals surface area contributed by atoms with Gasteiger partial charge in [-0.25, -0.2) is 0 Å². The van der Waals surface area contributed by atoms with Crippen molar-refractivity contribution in [3.05, 3.63) is 65.4 Å². The molecule has 0 bridgehead atoms. The Morgan fingerprint density at radius 3 is 2.76 bits per heavy atom. The number of anilines is 1. The minimum atomic E-state index is -0.0241. The van der Waals surface area contributed by atoms with Gasteiger partial charge in [0.25, 0.3) is 5.91 Å². The Bertz CT molecular complexity index is 928. The summed E-state index contributed by atoms with van der Waals surface area (Å²) in [5, 5.41) is 7.06. The van der Waals surface area contributed by atoms with E-state index in [2.05, 4.69) is 28.4 Å². The average molecular weight is 333 g/mol. The predicted molar refractivity (Wildman–Crippen MR) is 97.1 cm³/mol. The molecule has 1 N–H and O–H groups in total. The first kappa shape index (κ1) is 15.4. The average Bonchev–Trinajstić information content (AvgIpc) is 3.28. The number of nitrogens with one attached hydrogen (secondary N) is 1. The van der Waals surface area contributed by atoms with Gasteiger partial charge in [-0.2, -0.15) is 5.10 Å². The smallest absolute Gasteiger partial charge is 0.262 e. The largest absolute Gasteiger partial charge is 0.497 e. The molecule has 0 unspecified atom stereocenters. The third kappa shape index (κ3) is 2.67. The number of carbonyl (C=O) groups is 1. The first-order valence-corrected chi connectivity index (χ1v) is 8.26. The minimum Gasteiger partial charge on any atom is -0.497 e. The van der Waals surface area contributed by atoms with Crippen LogP contribution in [0.25, 0.3) is 11.3 Å². The fourth-order valence-electron chi connectivity index (χ4n) is 3.27. The number of nitrogens with zero attached hydrogens (tertiary/aromatic N) is 2. The van der Waals surface area contributed by atoms with Crippen molar-refractivity contribution in [3.8, 4) is 17.0 Å². The first-order chi connectivity index (χ1) is 12.2. The second kappa shape index (κ2) is 6.09. The number of methoxy groups -OCH3 is 1. The number of ether oxygens (including phenoxy) is 1. The van der Waals surface area contributed by atoms with Gasteiger partial charge in [0, 0.05) is 17.8 Å². The second-order valence-electron chi connectivity index (χ2n) is 6.23. The SMILES string of the molecule is COc1ccc(-c2[nH]ncc2C(=O)N2CCc3ccc(C)cc32)cc1. The zero-order valence-corrected chi connectivity index (χ0v) is 14.2. The quantitative estimate of drug-likeness (QED) is 0.797. The molecule has 1 aliphatic rings. The highest BCUT2D eigenvalue weighted by molar-refractivity contribution is 6.10. The van der Waals surface area contributed by atoms with Gasteiger partial charge in [0.1, 0.15) is 5.75 Å². The Morgan fingerprint density at radius 1 is 1.20 bits per heavy atom. The molecule has 0 aliphatic carbocycles. The second-order valence-corrected chi connectivity index (χ2v) is 6.23. The summed E-state index contributed by atoms with van der Waals surface area (Å²) in [4.78, 5) is 15.0. The molecule has 1 aliphatic heterocycles.